The van der Waals surface area contributed by atoms with Crippen molar-refractivity contribution in [2.45, 2.75) is 50.9 Å². The zero-order valence-corrected chi connectivity index (χ0v) is 14.6. The molecular weight excluding hydrogens is 345 g/mol. The average molecular weight is 370 g/mol. The third kappa shape index (κ3) is 4.69. The molecule has 0 spiro atoms. The monoisotopic (exact) mass is 370 g/mol. The van der Waals surface area contributed by atoms with E-state index in [2.05, 4.69) is 5.32 Å². The molecule has 1 aromatic rings. The van der Waals surface area contributed by atoms with Gasteiger partial charge in [0.1, 0.15) is 5.75 Å². The van der Waals surface area contributed by atoms with Crippen LogP contribution in [0, 0.1) is 17.8 Å². The predicted molar refractivity (Wildman–Crippen MR) is 91.4 cm³/mol. The first kappa shape index (κ1) is 19.0. The summed E-state index contributed by atoms with van der Waals surface area (Å²) in [5.74, 6) is 0.849. The Kier molecular flexibility index (Phi) is 5.75. The van der Waals surface area contributed by atoms with Crippen LogP contribution in [0.1, 0.15) is 37.7 Å². The molecule has 0 aliphatic heterocycles. The first-order chi connectivity index (χ1) is 12.3. The van der Waals surface area contributed by atoms with E-state index in [-0.39, 0.29) is 30.2 Å². The van der Waals surface area contributed by atoms with Gasteiger partial charge < -0.3 is 15.8 Å². The topological polar surface area (TPSA) is 64.4 Å². The molecule has 0 aromatic heterocycles. The van der Waals surface area contributed by atoms with Gasteiger partial charge in [0, 0.05) is 24.1 Å². The molecule has 2 bridgehead atoms. The van der Waals surface area contributed by atoms with Crippen molar-refractivity contribution in [2.75, 3.05) is 6.61 Å². The summed E-state index contributed by atoms with van der Waals surface area (Å²) >= 11 is 0. The molecule has 2 aliphatic carbocycles. The number of amides is 1. The Morgan fingerprint density at radius 2 is 1.85 bits per heavy atom. The first-order valence-electron chi connectivity index (χ1n) is 9.14. The first-order valence-corrected chi connectivity index (χ1v) is 9.14. The van der Waals surface area contributed by atoms with Crippen LogP contribution in [0.25, 0.3) is 0 Å². The molecule has 2 atom stereocenters. The molecule has 0 heterocycles. The second kappa shape index (κ2) is 7.86. The van der Waals surface area contributed by atoms with E-state index in [0.717, 1.165) is 25.7 Å². The highest BCUT2D eigenvalue weighted by molar-refractivity contribution is 5.78. The van der Waals surface area contributed by atoms with E-state index in [1.807, 2.05) is 0 Å². The Morgan fingerprint density at radius 1 is 1.19 bits per heavy atom. The van der Waals surface area contributed by atoms with Gasteiger partial charge in [0.05, 0.1) is 0 Å². The minimum atomic E-state index is -4.39. The summed E-state index contributed by atoms with van der Waals surface area (Å²) in [5, 5.41) is 2.87. The second-order valence-corrected chi connectivity index (χ2v) is 7.43. The van der Waals surface area contributed by atoms with Crippen molar-refractivity contribution in [2.24, 2.45) is 23.5 Å². The normalized spacial score (nSPS) is 28.5. The van der Waals surface area contributed by atoms with Crippen molar-refractivity contribution in [3.05, 3.63) is 29.8 Å². The summed E-state index contributed by atoms with van der Waals surface area (Å²) in [5.41, 5.74) is 6.80. The van der Waals surface area contributed by atoms with Crippen molar-refractivity contribution in [1.29, 1.82) is 0 Å². The van der Waals surface area contributed by atoms with Crippen LogP contribution < -0.4 is 15.8 Å². The number of halogens is 3. The van der Waals surface area contributed by atoms with E-state index in [0.29, 0.717) is 17.4 Å². The summed E-state index contributed by atoms with van der Waals surface area (Å²) in [6.07, 6.45) is 0.548. The fraction of sp³-hybridized carbons (Fsp3) is 0.632. The van der Waals surface area contributed by atoms with Crippen LogP contribution in [0.15, 0.2) is 24.3 Å². The summed E-state index contributed by atoms with van der Waals surface area (Å²) in [6, 6.07) is 6.67. The van der Waals surface area contributed by atoms with Gasteiger partial charge in [0.15, 0.2) is 6.61 Å². The van der Waals surface area contributed by atoms with Crippen LogP contribution in [-0.4, -0.2) is 24.7 Å². The van der Waals surface area contributed by atoms with Gasteiger partial charge in [-0.1, -0.05) is 24.6 Å². The van der Waals surface area contributed by atoms with Gasteiger partial charge in [0.25, 0.3) is 0 Å². The number of nitrogens with one attached hydrogen (secondary N) is 1. The van der Waals surface area contributed by atoms with Crippen LogP contribution in [0.4, 0.5) is 13.2 Å². The molecule has 2 aliphatic rings. The molecule has 1 aromatic carbocycles. The third-order valence-corrected chi connectivity index (χ3v) is 5.60. The Labute approximate surface area is 151 Å². The molecule has 3 rings (SSSR count). The third-order valence-electron chi connectivity index (χ3n) is 5.60. The molecule has 4 nitrogen and oxygen atoms in total. The molecule has 2 saturated carbocycles. The molecule has 3 N–H and O–H groups in total. The van der Waals surface area contributed by atoms with Gasteiger partial charge in [-0.2, -0.15) is 13.2 Å². The quantitative estimate of drug-likeness (QED) is 0.835. The zero-order chi connectivity index (χ0) is 18.7. The number of nitrogens with two attached hydrogens (primary N) is 1. The molecule has 7 heteroatoms. The molecule has 144 valence electrons. The van der Waals surface area contributed by atoms with Gasteiger partial charge in [0.2, 0.25) is 5.91 Å². The summed E-state index contributed by atoms with van der Waals surface area (Å²) in [7, 11) is 0. The van der Waals surface area contributed by atoms with Crippen molar-refractivity contribution < 1.29 is 22.7 Å². The zero-order valence-electron chi connectivity index (χ0n) is 14.6. The van der Waals surface area contributed by atoms with Gasteiger partial charge >= 0.3 is 6.18 Å². The maximum absolute atomic E-state index is 12.6. The fourth-order valence-electron chi connectivity index (χ4n) is 4.28. The Hall–Kier alpha value is -1.76. The number of hydrogen-bond donors (Lipinski definition) is 2. The minimum absolute atomic E-state index is 0.0422. The van der Waals surface area contributed by atoms with Crippen LogP contribution in [0.5, 0.6) is 5.75 Å². The van der Waals surface area contributed by atoms with E-state index in [1.54, 1.807) is 18.2 Å². The molecule has 0 saturated heterocycles. The lowest BCUT2D eigenvalue weighted by molar-refractivity contribution is -0.153. The highest BCUT2D eigenvalue weighted by atomic mass is 19.4. The highest BCUT2D eigenvalue weighted by Gasteiger charge is 2.40. The number of rotatable bonds is 5. The van der Waals surface area contributed by atoms with Gasteiger partial charge in [-0.3, -0.25) is 4.79 Å². The lowest BCUT2D eigenvalue weighted by Gasteiger charge is -2.43. The predicted octanol–water partition coefficient (Wildman–Crippen LogP) is 3.40. The lowest BCUT2D eigenvalue weighted by atomic mass is 9.65. The molecule has 0 radical (unpaired) electrons. The Morgan fingerprint density at radius 3 is 2.50 bits per heavy atom. The smallest absolute Gasteiger partial charge is 0.422 e. The van der Waals surface area contributed by atoms with E-state index in [4.69, 9.17) is 10.5 Å². The van der Waals surface area contributed by atoms with Crippen LogP contribution in [-0.2, 0) is 11.3 Å². The van der Waals surface area contributed by atoms with Crippen LogP contribution in [0.2, 0.25) is 0 Å². The number of benzene rings is 1. The average Bonchev–Trinajstić information content (AvgIpc) is 2.57. The minimum Gasteiger partial charge on any atom is -0.484 e. The van der Waals surface area contributed by atoms with E-state index >= 15 is 0 Å². The van der Waals surface area contributed by atoms with Crippen molar-refractivity contribution in [1.82, 2.24) is 5.32 Å². The van der Waals surface area contributed by atoms with E-state index in [9.17, 15) is 18.0 Å². The van der Waals surface area contributed by atoms with E-state index < -0.39 is 12.8 Å². The van der Waals surface area contributed by atoms with Gasteiger partial charge in [-0.05, 0) is 43.6 Å². The van der Waals surface area contributed by atoms with Gasteiger partial charge in [-0.15, -0.1) is 0 Å². The summed E-state index contributed by atoms with van der Waals surface area (Å²) in [4.78, 5) is 12.6. The summed E-state index contributed by atoms with van der Waals surface area (Å²) in [6.45, 7) is -1.19. The number of ether oxygens (including phenoxy) is 1. The number of alkyl halides is 3. The molecule has 1 amide bonds. The SMILES string of the molecule is NC1C2CCCC1CC(C(=O)NCc1ccccc1OCC(F)(F)F)C2. The second-order valence-electron chi connectivity index (χ2n) is 7.43. The Balaban J connectivity index is 1.56. The molecule has 2 fully saturated rings. The van der Waals surface area contributed by atoms with E-state index in [1.165, 1.54) is 12.5 Å². The van der Waals surface area contributed by atoms with Crippen molar-refractivity contribution in [3.63, 3.8) is 0 Å². The maximum atomic E-state index is 12.6. The number of fused-ring (bicyclic) bond motifs is 2. The molecule has 2 unspecified atom stereocenters. The van der Waals surface area contributed by atoms with Crippen molar-refractivity contribution >= 4 is 5.91 Å². The highest BCUT2D eigenvalue weighted by Crippen LogP contribution is 2.41. The number of para-hydroxylation sites is 1. The Bertz CT molecular complexity index is 621. The lowest BCUT2D eigenvalue weighted by Crippen LogP contribution is -2.49. The van der Waals surface area contributed by atoms with Crippen LogP contribution in [0.3, 0.4) is 0 Å². The van der Waals surface area contributed by atoms with Crippen molar-refractivity contribution in [3.8, 4) is 5.75 Å². The maximum Gasteiger partial charge on any atom is 0.422 e. The largest absolute Gasteiger partial charge is 0.484 e. The number of hydrogen-bond acceptors (Lipinski definition) is 3. The fourth-order valence-corrected chi connectivity index (χ4v) is 4.28. The summed E-state index contributed by atoms with van der Waals surface area (Å²) < 4.78 is 42.0. The number of carbonyl (C=O) groups is 1. The number of carbonyl (C=O) groups excluding carboxylic acids is 1. The van der Waals surface area contributed by atoms with Crippen LogP contribution >= 0.6 is 0 Å². The molecule has 26 heavy (non-hydrogen) atoms. The standard InChI is InChI=1S/C19H25F3N2O2/c20-19(21,22)11-26-16-7-2-1-4-14(16)10-24-18(25)15-8-12-5-3-6-13(9-15)17(12)23/h1-2,4,7,12-13,15,17H,3,5-6,8-11,23H2,(H,24,25). The molecular formula is C19H25F3N2O2. The van der Waals surface area contributed by atoms with Gasteiger partial charge in [-0.25, -0.2) is 0 Å².